The highest BCUT2D eigenvalue weighted by Crippen LogP contribution is 2.22. The van der Waals surface area contributed by atoms with Gasteiger partial charge in [0.2, 0.25) is 11.8 Å². The zero-order chi connectivity index (χ0) is 20.5. The first-order valence-corrected chi connectivity index (χ1v) is 10.5. The van der Waals surface area contributed by atoms with Crippen LogP contribution in [0.25, 0.3) is 6.08 Å². The Kier molecular flexibility index (Phi) is 8.92. The van der Waals surface area contributed by atoms with Crippen LogP contribution in [0.15, 0.2) is 45.4 Å². The number of benzene rings is 1. The molecule has 1 aliphatic heterocycles. The predicted octanol–water partition coefficient (Wildman–Crippen LogP) is 3.36. The second kappa shape index (κ2) is 11.2. The van der Waals surface area contributed by atoms with Gasteiger partial charge in [0.05, 0.1) is 6.61 Å². The summed E-state index contributed by atoms with van der Waals surface area (Å²) in [5.41, 5.74) is 0.846. The maximum absolute atomic E-state index is 12.4. The Morgan fingerprint density at radius 2 is 2.14 bits per heavy atom. The second-order valence-electron chi connectivity index (χ2n) is 6.24. The van der Waals surface area contributed by atoms with E-state index in [1.807, 2.05) is 18.2 Å². The van der Waals surface area contributed by atoms with Crippen molar-refractivity contribution in [3.63, 3.8) is 0 Å². The van der Waals surface area contributed by atoms with E-state index in [0.29, 0.717) is 19.4 Å². The fourth-order valence-corrected chi connectivity index (χ4v) is 3.54. The molecule has 0 radical (unpaired) electrons. The van der Waals surface area contributed by atoms with E-state index in [9.17, 15) is 14.4 Å². The smallest absolute Gasteiger partial charge is 0.330 e. The largest absolute Gasteiger partial charge is 0.463 e. The van der Waals surface area contributed by atoms with Crippen LogP contribution in [0.1, 0.15) is 25.3 Å². The van der Waals surface area contributed by atoms with E-state index in [1.54, 1.807) is 19.1 Å². The summed E-state index contributed by atoms with van der Waals surface area (Å²) in [7, 11) is 0. The van der Waals surface area contributed by atoms with Crippen molar-refractivity contribution in [1.82, 2.24) is 10.6 Å². The highest BCUT2D eigenvalue weighted by Gasteiger charge is 2.26. The Morgan fingerprint density at radius 3 is 2.82 bits per heavy atom. The van der Waals surface area contributed by atoms with Gasteiger partial charge in [0.1, 0.15) is 0 Å². The molecule has 2 rings (SSSR count). The van der Waals surface area contributed by atoms with Crippen molar-refractivity contribution in [1.29, 1.82) is 0 Å². The van der Waals surface area contributed by atoms with Crippen molar-refractivity contribution >= 4 is 55.7 Å². The molecular weight excluding hydrogens is 492 g/mol. The van der Waals surface area contributed by atoms with Gasteiger partial charge in [-0.05, 0) is 49.6 Å². The molecule has 0 unspecified atom stereocenters. The number of carbonyl (C=O) groups is 3. The van der Waals surface area contributed by atoms with Gasteiger partial charge in [-0.3, -0.25) is 9.59 Å². The van der Waals surface area contributed by atoms with Crippen molar-refractivity contribution < 1.29 is 19.1 Å². The SMILES string of the molecule is CCOC(=O)C=C[C@H](C[C@@H]1CCNC1=O)NC(=O)C=Cc1cc(Br)ccc1Br. The van der Waals surface area contributed by atoms with Crippen LogP contribution in [-0.2, 0) is 19.1 Å². The minimum Gasteiger partial charge on any atom is -0.463 e. The third-order valence-electron chi connectivity index (χ3n) is 4.15. The van der Waals surface area contributed by atoms with Gasteiger partial charge < -0.3 is 15.4 Å². The summed E-state index contributed by atoms with van der Waals surface area (Å²) in [6.07, 6.45) is 7.10. The van der Waals surface area contributed by atoms with E-state index in [-0.39, 0.29) is 24.3 Å². The van der Waals surface area contributed by atoms with Crippen LogP contribution in [0.3, 0.4) is 0 Å². The van der Waals surface area contributed by atoms with E-state index in [4.69, 9.17) is 4.74 Å². The van der Waals surface area contributed by atoms with Crippen LogP contribution < -0.4 is 10.6 Å². The lowest BCUT2D eigenvalue weighted by Gasteiger charge is -2.17. The molecule has 0 aliphatic carbocycles. The van der Waals surface area contributed by atoms with Gasteiger partial charge >= 0.3 is 5.97 Å². The van der Waals surface area contributed by atoms with E-state index >= 15 is 0 Å². The molecule has 0 bridgehead atoms. The summed E-state index contributed by atoms with van der Waals surface area (Å²) in [5.74, 6) is -1.02. The molecule has 1 aromatic carbocycles. The molecular formula is C20H22Br2N2O4. The highest BCUT2D eigenvalue weighted by molar-refractivity contribution is 9.11. The van der Waals surface area contributed by atoms with Gasteiger partial charge in [-0.15, -0.1) is 0 Å². The maximum Gasteiger partial charge on any atom is 0.330 e. The molecule has 6 nitrogen and oxygen atoms in total. The minimum absolute atomic E-state index is 0.0302. The van der Waals surface area contributed by atoms with Gasteiger partial charge in [0.25, 0.3) is 0 Å². The zero-order valence-corrected chi connectivity index (χ0v) is 18.6. The molecule has 28 heavy (non-hydrogen) atoms. The molecule has 150 valence electrons. The lowest BCUT2D eigenvalue weighted by molar-refractivity contribution is -0.137. The van der Waals surface area contributed by atoms with Crippen molar-refractivity contribution in [2.45, 2.75) is 25.8 Å². The molecule has 2 amide bonds. The number of halogens is 2. The van der Waals surface area contributed by atoms with Crippen LogP contribution in [0.2, 0.25) is 0 Å². The monoisotopic (exact) mass is 512 g/mol. The Labute approximate surface area is 181 Å². The van der Waals surface area contributed by atoms with Gasteiger partial charge in [-0.25, -0.2) is 4.79 Å². The highest BCUT2D eigenvalue weighted by atomic mass is 79.9. The zero-order valence-electron chi connectivity index (χ0n) is 15.4. The van der Waals surface area contributed by atoms with E-state index in [2.05, 4.69) is 42.5 Å². The predicted molar refractivity (Wildman–Crippen MR) is 114 cm³/mol. The van der Waals surface area contributed by atoms with Gasteiger partial charge in [0, 0.05) is 39.6 Å². The molecule has 1 saturated heterocycles. The Morgan fingerprint density at radius 1 is 1.36 bits per heavy atom. The molecule has 1 fully saturated rings. The summed E-state index contributed by atoms with van der Waals surface area (Å²) in [6, 6.07) is 5.20. The Hall–Kier alpha value is -1.93. The summed E-state index contributed by atoms with van der Waals surface area (Å²) in [6.45, 7) is 2.62. The number of rotatable bonds is 8. The first kappa shape index (κ1) is 22.4. The van der Waals surface area contributed by atoms with Crippen LogP contribution in [-0.4, -0.2) is 37.0 Å². The third-order valence-corrected chi connectivity index (χ3v) is 5.37. The second-order valence-corrected chi connectivity index (χ2v) is 8.01. The topological polar surface area (TPSA) is 84.5 Å². The van der Waals surface area contributed by atoms with Gasteiger partial charge in [0.15, 0.2) is 0 Å². The maximum atomic E-state index is 12.4. The summed E-state index contributed by atoms with van der Waals surface area (Å²) >= 11 is 6.84. The number of carbonyl (C=O) groups excluding carboxylic acids is 3. The quantitative estimate of drug-likeness (QED) is 0.412. The van der Waals surface area contributed by atoms with Crippen molar-refractivity contribution in [3.05, 3.63) is 50.9 Å². The number of hydrogen-bond donors (Lipinski definition) is 2. The van der Waals surface area contributed by atoms with E-state index in [0.717, 1.165) is 14.5 Å². The third kappa shape index (κ3) is 7.24. The Balaban J connectivity index is 2.05. The fourth-order valence-electron chi connectivity index (χ4n) is 2.79. The first-order valence-electron chi connectivity index (χ1n) is 8.95. The lowest BCUT2D eigenvalue weighted by Crippen LogP contribution is -2.35. The number of ether oxygens (including phenoxy) is 1. The van der Waals surface area contributed by atoms with E-state index in [1.165, 1.54) is 12.2 Å². The molecule has 1 aromatic rings. The van der Waals surface area contributed by atoms with E-state index < -0.39 is 12.0 Å². The van der Waals surface area contributed by atoms with Crippen LogP contribution in [0, 0.1) is 5.92 Å². The fraction of sp³-hybridized carbons (Fsp3) is 0.350. The number of esters is 1. The molecule has 0 saturated carbocycles. The summed E-state index contributed by atoms with van der Waals surface area (Å²) in [5, 5.41) is 5.62. The lowest BCUT2D eigenvalue weighted by atomic mass is 9.98. The van der Waals surface area contributed by atoms with Gasteiger partial charge in [-0.1, -0.05) is 37.9 Å². The minimum atomic E-state index is -0.480. The summed E-state index contributed by atoms with van der Waals surface area (Å²) in [4.78, 5) is 35.8. The van der Waals surface area contributed by atoms with Gasteiger partial charge in [-0.2, -0.15) is 0 Å². The molecule has 8 heteroatoms. The van der Waals surface area contributed by atoms with Crippen molar-refractivity contribution in [3.8, 4) is 0 Å². The van der Waals surface area contributed by atoms with Crippen LogP contribution in [0.4, 0.5) is 0 Å². The standard InChI is InChI=1S/C20H22Br2N2O4/c1-2-28-19(26)8-5-16(12-14-9-10-23-20(14)27)24-18(25)7-3-13-11-15(21)4-6-17(13)22/h3-8,11,14,16H,2,9-10,12H2,1H3,(H,23,27)(H,24,25)/t14-,16+/m0/s1. The molecule has 0 spiro atoms. The average molecular weight is 514 g/mol. The Bertz CT molecular complexity index is 792. The average Bonchev–Trinajstić information content (AvgIpc) is 3.05. The molecule has 2 N–H and O–H groups in total. The molecule has 0 aromatic heterocycles. The molecule has 1 aliphatic rings. The van der Waals surface area contributed by atoms with Crippen LogP contribution >= 0.6 is 31.9 Å². The van der Waals surface area contributed by atoms with Crippen LogP contribution in [0.5, 0.6) is 0 Å². The number of hydrogen-bond acceptors (Lipinski definition) is 4. The summed E-state index contributed by atoms with van der Waals surface area (Å²) < 4.78 is 6.64. The normalized spacial score (nSPS) is 17.7. The first-order chi connectivity index (χ1) is 13.4. The van der Waals surface area contributed by atoms with Crippen molar-refractivity contribution in [2.75, 3.05) is 13.2 Å². The molecule has 1 heterocycles. The van der Waals surface area contributed by atoms with Crippen molar-refractivity contribution in [2.24, 2.45) is 5.92 Å². The number of nitrogens with one attached hydrogen (secondary N) is 2. The molecule has 2 atom stereocenters. The number of amides is 2.